The molecule has 1 aliphatic rings. The van der Waals surface area contributed by atoms with Crippen LogP contribution in [0.1, 0.15) is 15.9 Å². The number of benzene rings is 2. The fraction of sp³-hybridized carbons (Fsp3) is 0.316. The molecule has 0 bridgehead atoms. The zero-order valence-electron chi connectivity index (χ0n) is 14.3. The molecular weight excluding hydrogens is 395 g/mol. The van der Waals surface area contributed by atoms with E-state index in [1.807, 2.05) is 23.1 Å². The Kier molecular flexibility index (Phi) is 6.30. The van der Waals surface area contributed by atoms with Crippen molar-refractivity contribution in [2.75, 3.05) is 33.3 Å². The fourth-order valence-electron chi connectivity index (χ4n) is 3.02. The van der Waals surface area contributed by atoms with Crippen molar-refractivity contribution in [1.82, 2.24) is 9.80 Å². The summed E-state index contributed by atoms with van der Waals surface area (Å²) >= 11 is 18.1. The number of rotatable bonds is 4. The zero-order chi connectivity index (χ0) is 18.7. The SMILES string of the molecule is COc1ccc(Cl)cc1C(=O)N1CCN(Cc2ccc(Cl)c(Cl)c2)CC1. The summed E-state index contributed by atoms with van der Waals surface area (Å²) in [6, 6.07) is 10.8. The smallest absolute Gasteiger partial charge is 0.257 e. The largest absolute Gasteiger partial charge is 0.496 e. The molecule has 1 amide bonds. The van der Waals surface area contributed by atoms with Crippen LogP contribution in [0.4, 0.5) is 0 Å². The van der Waals surface area contributed by atoms with Gasteiger partial charge in [0.1, 0.15) is 5.75 Å². The molecule has 0 radical (unpaired) electrons. The normalized spacial score (nSPS) is 15.2. The number of halogens is 3. The van der Waals surface area contributed by atoms with Gasteiger partial charge in [-0.05, 0) is 35.9 Å². The Morgan fingerprint density at radius 2 is 1.73 bits per heavy atom. The number of ether oxygens (including phenoxy) is 1. The van der Waals surface area contributed by atoms with E-state index in [4.69, 9.17) is 39.5 Å². The summed E-state index contributed by atoms with van der Waals surface area (Å²) in [5.74, 6) is 0.483. The van der Waals surface area contributed by atoms with E-state index in [9.17, 15) is 4.79 Å². The summed E-state index contributed by atoms with van der Waals surface area (Å²) in [6.45, 7) is 3.65. The fourth-order valence-corrected chi connectivity index (χ4v) is 3.52. The van der Waals surface area contributed by atoms with Gasteiger partial charge in [-0.15, -0.1) is 0 Å². The quantitative estimate of drug-likeness (QED) is 0.733. The third-order valence-electron chi connectivity index (χ3n) is 4.44. The van der Waals surface area contributed by atoms with Crippen LogP contribution in [0.25, 0.3) is 0 Å². The Hall–Kier alpha value is -1.46. The molecule has 0 atom stereocenters. The lowest BCUT2D eigenvalue weighted by molar-refractivity contribution is 0.0625. The highest BCUT2D eigenvalue weighted by Crippen LogP contribution is 2.26. The van der Waals surface area contributed by atoms with Gasteiger partial charge in [0.15, 0.2) is 0 Å². The molecule has 0 spiro atoms. The third-order valence-corrected chi connectivity index (χ3v) is 5.42. The third kappa shape index (κ3) is 4.44. The number of carbonyl (C=O) groups is 1. The van der Waals surface area contributed by atoms with Crippen molar-refractivity contribution < 1.29 is 9.53 Å². The van der Waals surface area contributed by atoms with Crippen LogP contribution in [-0.4, -0.2) is 49.0 Å². The van der Waals surface area contributed by atoms with Gasteiger partial charge in [-0.25, -0.2) is 0 Å². The Bertz CT molecular complexity index is 805. The summed E-state index contributed by atoms with van der Waals surface area (Å²) in [6.07, 6.45) is 0. The van der Waals surface area contributed by atoms with E-state index in [0.29, 0.717) is 39.5 Å². The minimum Gasteiger partial charge on any atom is -0.496 e. The maximum atomic E-state index is 12.8. The maximum Gasteiger partial charge on any atom is 0.257 e. The molecule has 26 heavy (non-hydrogen) atoms. The monoisotopic (exact) mass is 412 g/mol. The average Bonchev–Trinajstić information content (AvgIpc) is 2.65. The second-order valence-corrected chi connectivity index (χ2v) is 7.41. The van der Waals surface area contributed by atoms with Crippen LogP contribution in [-0.2, 0) is 6.54 Å². The highest BCUT2D eigenvalue weighted by molar-refractivity contribution is 6.42. The van der Waals surface area contributed by atoms with Crippen LogP contribution in [0.3, 0.4) is 0 Å². The van der Waals surface area contributed by atoms with Crippen molar-refractivity contribution in [2.24, 2.45) is 0 Å². The first kappa shape index (κ1) is 19.3. The van der Waals surface area contributed by atoms with E-state index in [-0.39, 0.29) is 5.91 Å². The summed E-state index contributed by atoms with van der Waals surface area (Å²) in [7, 11) is 1.55. The predicted molar refractivity (Wildman–Crippen MR) is 106 cm³/mol. The number of carbonyl (C=O) groups excluding carboxylic acids is 1. The van der Waals surface area contributed by atoms with Gasteiger partial charge in [0, 0.05) is 37.7 Å². The Morgan fingerprint density at radius 3 is 2.38 bits per heavy atom. The molecule has 1 saturated heterocycles. The van der Waals surface area contributed by atoms with Crippen LogP contribution >= 0.6 is 34.8 Å². The summed E-state index contributed by atoms with van der Waals surface area (Å²) in [5, 5.41) is 1.64. The van der Waals surface area contributed by atoms with Crippen LogP contribution in [0.5, 0.6) is 5.75 Å². The lowest BCUT2D eigenvalue weighted by Gasteiger charge is -2.35. The number of piperazine rings is 1. The van der Waals surface area contributed by atoms with E-state index in [1.165, 1.54) is 0 Å². The zero-order valence-corrected chi connectivity index (χ0v) is 16.6. The molecule has 1 heterocycles. The molecule has 0 saturated carbocycles. The van der Waals surface area contributed by atoms with Gasteiger partial charge in [0.05, 0.1) is 22.7 Å². The highest BCUT2D eigenvalue weighted by Gasteiger charge is 2.24. The molecule has 7 heteroatoms. The van der Waals surface area contributed by atoms with Gasteiger partial charge in [-0.2, -0.15) is 0 Å². The molecule has 2 aromatic rings. The van der Waals surface area contributed by atoms with Crippen molar-refractivity contribution in [1.29, 1.82) is 0 Å². The van der Waals surface area contributed by atoms with Crippen molar-refractivity contribution in [3.63, 3.8) is 0 Å². The second kappa shape index (κ2) is 8.49. The molecule has 1 fully saturated rings. The molecule has 0 unspecified atom stereocenters. The minimum atomic E-state index is -0.0569. The Balaban J connectivity index is 1.62. The van der Waals surface area contributed by atoms with Gasteiger partial charge in [-0.3, -0.25) is 9.69 Å². The van der Waals surface area contributed by atoms with E-state index < -0.39 is 0 Å². The van der Waals surface area contributed by atoms with Crippen LogP contribution in [0, 0.1) is 0 Å². The standard InChI is InChI=1S/C19H19Cl3N2O2/c1-26-18-5-3-14(20)11-15(18)19(25)24-8-6-23(7-9-24)12-13-2-4-16(21)17(22)10-13/h2-5,10-11H,6-9,12H2,1H3. The number of nitrogens with zero attached hydrogens (tertiary/aromatic N) is 2. The molecule has 0 aromatic heterocycles. The van der Waals surface area contributed by atoms with Crippen molar-refractivity contribution in [3.05, 3.63) is 62.6 Å². The first-order valence-electron chi connectivity index (χ1n) is 8.27. The van der Waals surface area contributed by atoms with E-state index in [0.717, 1.165) is 25.2 Å². The molecule has 0 aliphatic carbocycles. The van der Waals surface area contributed by atoms with E-state index >= 15 is 0 Å². The summed E-state index contributed by atoms with van der Waals surface area (Å²) < 4.78 is 5.29. The van der Waals surface area contributed by atoms with E-state index in [1.54, 1.807) is 25.3 Å². The van der Waals surface area contributed by atoms with Gasteiger partial charge in [-0.1, -0.05) is 40.9 Å². The predicted octanol–water partition coefficient (Wildman–Crippen LogP) is 4.61. The van der Waals surface area contributed by atoms with Gasteiger partial charge >= 0.3 is 0 Å². The summed E-state index contributed by atoms with van der Waals surface area (Å²) in [5.41, 5.74) is 1.61. The van der Waals surface area contributed by atoms with Gasteiger partial charge in [0.2, 0.25) is 0 Å². The lowest BCUT2D eigenvalue weighted by Crippen LogP contribution is -2.48. The van der Waals surface area contributed by atoms with Crippen LogP contribution in [0.15, 0.2) is 36.4 Å². The molecule has 1 aliphatic heterocycles. The minimum absolute atomic E-state index is 0.0569. The van der Waals surface area contributed by atoms with Crippen molar-refractivity contribution >= 4 is 40.7 Å². The maximum absolute atomic E-state index is 12.8. The average molecular weight is 414 g/mol. The number of methoxy groups -OCH3 is 1. The first-order valence-corrected chi connectivity index (χ1v) is 9.40. The molecule has 2 aromatic carbocycles. The molecule has 138 valence electrons. The topological polar surface area (TPSA) is 32.8 Å². The summed E-state index contributed by atoms with van der Waals surface area (Å²) in [4.78, 5) is 16.9. The van der Waals surface area contributed by atoms with Crippen molar-refractivity contribution in [2.45, 2.75) is 6.54 Å². The molecule has 4 nitrogen and oxygen atoms in total. The first-order chi connectivity index (χ1) is 12.5. The number of hydrogen-bond donors (Lipinski definition) is 0. The second-order valence-electron chi connectivity index (χ2n) is 6.16. The van der Waals surface area contributed by atoms with Crippen LogP contribution in [0.2, 0.25) is 15.1 Å². The van der Waals surface area contributed by atoms with Crippen molar-refractivity contribution in [3.8, 4) is 5.75 Å². The lowest BCUT2D eigenvalue weighted by atomic mass is 10.1. The van der Waals surface area contributed by atoms with Gasteiger partial charge in [0.25, 0.3) is 5.91 Å². The van der Waals surface area contributed by atoms with Crippen LogP contribution < -0.4 is 4.74 Å². The number of hydrogen-bond acceptors (Lipinski definition) is 3. The molecule has 3 rings (SSSR count). The molecule has 0 N–H and O–H groups in total. The Morgan fingerprint density at radius 1 is 1.00 bits per heavy atom. The number of amides is 1. The van der Waals surface area contributed by atoms with E-state index in [2.05, 4.69) is 4.90 Å². The Labute approximate surface area is 168 Å². The highest BCUT2D eigenvalue weighted by atomic mass is 35.5. The van der Waals surface area contributed by atoms with Gasteiger partial charge < -0.3 is 9.64 Å². The molecular formula is C19H19Cl3N2O2.